The van der Waals surface area contributed by atoms with Crippen LogP contribution in [0.3, 0.4) is 0 Å². The van der Waals surface area contributed by atoms with Crippen molar-refractivity contribution in [1.29, 1.82) is 0 Å². The Hall–Kier alpha value is -0.480. The summed E-state index contributed by atoms with van der Waals surface area (Å²) in [6, 6.07) is 0.475. The quantitative estimate of drug-likeness (QED) is 0.775. The number of rotatable bonds is 2. The van der Waals surface area contributed by atoms with Crippen LogP contribution in [0.1, 0.15) is 45.0 Å². The summed E-state index contributed by atoms with van der Waals surface area (Å²) in [5.74, 6) is 3.29. The smallest absolute Gasteiger partial charge is 0.137 e. The van der Waals surface area contributed by atoms with Crippen LogP contribution in [0.5, 0.6) is 0 Å². The number of hydrogen-bond donors (Lipinski definition) is 0. The van der Waals surface area contributed by atoms with Crippen molar-refractivity contribution in [2.24, 2.45) is 0 Å². The van der Waals surface area contributed by atoms with Crippen molar-refractivity contribution < 1.29 is 0 Å². The van der Waals surface area contributed by atoms with Crippen LogP contribution in [0.25, 0.3) is 0 Å². The molecule has 0 saturated carbocycles. The Morgan fingerprint density at radius 1 is 1.32 bits per heavy atom. The van der Waals surface area contributed by atoms with Crippen LogP contribution >= 0.6 is 23.4 Å². The Morgan fingerprint density at radius 2 is 2.00 bits per heavy atom. The number of anilines is 1. The molecule has 0 aromatic carbocycles. The summed E-state index contributed by atoms with van der Waals surface area (Å²) >= 11 is 8.31. The second-order valence-electron chi connectivity index (χ2n) is 5.49. The van der Waals surface area contributed by atoms with E-state index in [4.69, 9.17) is 16.6 Å². The van der Waals surface area contributed by atoms with Gasteiger partial charge >= 0.3 is 0 Å². The maximum Gasteiger partial charge on any atom is 0.137 e. The molecule has 5 heteroatoms. The number of hydrogen-bond acceptors (Lipinski definition) is 4. The highest BCUT2D eigenvalue weighted by Gasteiger charge is 2.28. The lowest BCUT2D eigenvalue weighted by Gasteiger charge is -2.39. The molecule has 0 spiro atoms. The molecule has 0 radical (unpaired) electrons. The van der Waals surface area contributed by atoms with Crippen LogP contribution < -0.4 is 4.90 Å². The monoisotopic (exact) mass is 299 g/mol. The predicted octanol–water partition coefficient (Wildman–Crippen LogP) is 3.89. The number of halogens is 1. The molecule has 2 heterocycles. The molecule has 2 unspecified atom stereocenters. The molecule has 0 N–H and O–H groups in total. The molecule has 3 nitrogen and oxygen atoms in total. The average molecular weight is 300 g/mol. The van der Waals surface area contributed by atoms with Gasteiger partial charge in [-0.2, -0.15) is 11.8 Å². The highest BCUT2D eigenvalue weighted by atomic mass is 35.5. The van der Waals surface area contributed by atoms with Crippen molar-refractivity contribution in [2.75, 3.05) is 17.2 Å². The molecule has 2 rings (SSSR count). The molecular weight excluding hydrogens is 278 g/mol. The Kier molecular flexibility index (Phi) is 4.62. The van der Waals surface area contributed by atoms with Crippen LogP contribution in [-0.4, -0.2) is 33.6 Å². The third-order valence-electron chi connectivity index (χ3n) is 3.75. The minimum atomic E-state index is 0.295. The van der Waals surface area contributed by atoms with Gasteiger partial charge in [-0.3, -0.25) is 0 Å². The van der Waals surface area contributed by atoms with Crippen molar-refractivity contribution in [3.8, 4) is 0 Å². The molecule has 1 aromatic rings. The van der Waals surface area contributed by atoms with E-state index < -0.39 is 0 Å². The molecule has 1 aliphatic rings. The first-order valence-corrected chi connectivity index (χ1v) is 8.26. The minimum Gasteiger partial charge on any atom is -0.352 e. The molecule has 0 bridgehead atoms. The fraction of sp³-hybridized carbons (Fsp3) is 0.714. The summed E-state index contributed by atoms with van der Waals surface area (Å²) in [6.07, 6.45) is 0. The van der Waals surface area contributed by atoms with Gasteiger partial charge in [-0.1, -0.05) is 32.4 Å². The van der Waals surface area contributed by atoms with E-state index in [-0.39, 0.29) is 0 Å². The highest BCUT2D eigenvalue weighted by Crippen LogP contribution is 2.32. The van der Waals surface area contributed by atoms with E-state index in [9.17, 15) is 0 Å². The molecule has 106 valence electrons. The van der Waals surface area contributed by atoms with Gasteiger partial charge in [0, 0.05) is 35.1 Å². The summed E-state index contributed by atoms with van der Waals surface area (Å²) in [4.78, 5) is 11.5. The first-order valence-electron chi connectivity index (χ1n) is 6.84. The van der Waals surface area contributed by atoms with Gasteiger partial charge < -0.3 is 4.90 Å². The molecule has 1 aromatic heterocycles. The standard InChI is InChI=1S/C14H22ClN3S/c1-8(2)13-16-12(15)9(3)14(17-13)18-6-7-19-11(5)10(18)4/h8,10-11H,6-7H2,1-5H3. The average Bonchev–Trinajstić information content (AvgIpc) is 2.36. The molecule has 0 amide bonds. The van der Waals surface area contributed by atoms with E-state index in [0.717, 1.165) is 29.5 Å². The third-order valence-corrected chi connectivity index (χ3v) is 5.46. The topological polar surface area (TPSA) is 29.0 Å². The molecule has 1 aliphatic heterocycles. The summed E-state index contributed by atoms with van der Waals surface area (Å²) in [5, 5.41) is 1.20. The van der Waals surface area contributed by atoms with E-state index in [2.05, 4.69) is 37.6 Å². The van der Waals surface area contributed by atoms with E-state index in [1.54, 1.807) is 0 Å². The Labute approximate surface area is 125 Å². The van der Waals surface area contributed by atoms with Crippen LogP contribution in [0.15, 0.2) is 0 Å². The SMILES string of the molecule is Cc1c(Cl)nc(C(C)C)nc1N1CCSC(C)C1C. The number of nitrogens with zero attached hydrogens (tertiary/aromatic N) is 3. The lowest BCUT2D eigenvalue weighted by Crippen LogP contribution is -2.45. The zero-order chi connectivity index (χ0) is 14.2. The van der Waals surface area contributed by atoms with Crippen molar-refractivity contribution in [3.63, 3.8) is 0 Å². The molecule has 0 aliphatic carbocycles. The Morgan fingerprint density at radius 3 is 2.63 bits per heavy atom. The zero-order valence-electron chi connectivity index (χ0n) is 12.3. The maximum atomic E-state index is 6.28. The largest absolute Gasteiger partial charge is 0.352 e. The van der Waals surface area contributed by atoms with Gasteiger partial charge in [0.15, 0.2) is 0 Å². The van der Waals surface area contributed by atoms with Crippen molar-refractivity contribution in [2.45, 2.75) is 51.8 Å². The second-order valence-corrected chi connectivity index (χ2v) is 7.33. The second kappa shape index (κ2) is 5.88. The maximum absolute atomic E-state index is 6.28. The van der Waals surface area contributed by atoms with Crippen molar-refractivity contribution in [3.05, 3.63) is 16.5 Å². The van der Waals surface area contributed by atoms with Gasteiger partial charge in [0.1, 0.15) is 16.8 Å². The van der Waals surface area contributed by atoms with Crippen LogP contribution in [0.4, 0.5) is 5.82 Å². The van der Waals surface area contributed by atoms with Crippen molar-refractivity contribution in [1.82, 2.24) is 9.97 Å². The molecule has 1 saturated heterocycles. The number of aromatic nitrogens is 2. The first-order chi connectivity index (χ1) is 8.91. The predicted molar refractivity (Wildman–Crippen MR) is 84.6 cm³/mol. The molecule has 2 atom stereocenters. The molecular formula is C14H22ClN3S. The van der Waals surface area contributed by atoms with Crippen LogP contribution in [-0.2, 0) is 0 Å². The van der Waals surface area contributed by atoms with Gasteiger partial charge in [0.05, 0.1) is 0 Å². The summed E-state index contributed by atoms with van der Waals surface area (Å²) < 4.78 is 0. The third kappa shape index (κ3) is 3.00. The summed E-state index contributed by atoms with van der Waals surface area (Å²) in [5.41, 5.74) is 0.997. The number of thioether (sulfide) groups is 1. The fourth-order valence-electron chi connectivity index (χ4n) is 2.26. The van der Waals surface area contributed by atoms with Crippen LogP contribution in [0.2, 0.25) is 5.15 Å². The zero-order valence-corrected chi connectivity index (χ0v) is 13.8. The lowest BCUT2D eigenvalue weighted by atomic mass is 10.1. The molecule has 19 heavy (non-hydrogen) atoms. The van der Waals surface area contributed by atoms with Gasteiger partial charge in [-0.15, -0.1) is 0 Å². The van der Waals surface area contributed by atoms with Gasteiger partial charge in [0.25, 0.3) is 0 Å². The van der Waals surface area contributed by atoms with E-state index >= 15 is 0 Å². The lowest BCUT2D eigenvalue weighted by molar-refractivity contribution is 0.613. The minimum absolute atomic E-state index is 0.295. The van der Waals surface area contributed by atoms with Crippen LogP contribution in [0, 0.1) is 6.92 Å². The van der Waals surface area contributed by atoms with E-state index in [0.29, 0.717) is 22.4 Å². The van der Waals surface area contributed by atoms with Gasteiger partial charge in [-0.25, -0.2) is 9.97 Å². The van der Waals surface area contributed by atoms with Crippen molar-refractivity contribution >= 4 is 29.2 Å². The highest BCUT2D eigenvalue weighted by molar-refractivity contribution is 8.00. The summed E-state index contributed by atoms with van der Waals surface area (Å²) in [6.45, 7) is 11.8. The van der Waals surface area contributed by atoms with E-state index in [1.165, 1.54) is 0 Å². The van der Waals surface area contributed by atoms with Gasteiger partial charge in [-0.05, 0) is 13.8 Å². The van der Waals surface area contributed by atoms with Gasteiger partial charge in [0.2, 0.25) is 0 Å². The normalized spacial score (nSPS) is 24.1. The first kappa shape index (κ1) is 14.9. The fourth-order valence-corrected chi connectivity index (χ4v) is 3.53. The Balaban J connectivity index is 2.43. The Bertz CT molecular complexity index is 464. The van der Waals surface area contributed by atoms with E-state index in [1.807, 2.05) is 18.7 Å². The molecule has 1 fully saturated rings. The summed E-state index contributed by atoms with van der Waals surface area (Å²) in [7, 11) is 0.